The van der Waals surface area contributed by atoms with E-state index in [9.17, 15) is 5.11 Å². The molecular formula is C14H19NO2. The Bertz CT molecular complexity index is 397. The van der Waals surface area contributed by atoms with Crippen molar-refractivity contribution in [1.29, 1.82) is 0 Å². The zero-order chi connectivity index (χ0) is 11.7. The molecule has 0 radical (unpaired) electrons. The van der Waals surface area contributed by atoms with Gasteiger partial charge in [-0.25, -0.2) is 0 Å². The van der Waals surface area contributed by atoms with Gasteiger partial charge in [0.1, 0.15) is 5.75 Å². The van der Waals surface area contributed by atoms with Crippen LogP contribution in [0.3, 0.4) is 0 Å². The molecule has 1 aromatic rings. The van der Waals surface area contributed by atoms with E-state index in [0.717, 1.165) is 51.1 Å². The van der Waals surface area contributed by atoms with Crippen LogP contribution in [0.2, 0.25) is 0 Å². The number of benzene rings is 1. The number of fused-ring (bicyclic) bond motifs is 1. The molecule has 2 aliphatic heterocycles. The third-order valence-electron chi connectivity index (χ3n) is 3.72. The summed E-state index contributed by atoms with van der Waals surface area (Å²) in [5.74, 6) is 1.08. The monoisotopic (exact) mass is 233 g/mol. The van der Waals surface area contributed by atoms with E-state index in [1.54, 1.807) is 0 Å². The average molecular weight is 233 g/mol. The maximum Gasteiger partial charge on any atom is 0.145 e. The van der Waals surface area contributed by atoms with Crippen LogP contribution in [0.5, 0.6) is 5.75 Å². The van der Waals surface area contributed by atoms with Crippen molar-refractivity contribution in [2.45, 2.75) is 31.8 Å². The topological polar surface area (TPSA) is 32.7 Å². The lowest BCUT2D eigenvalue weighted by molar-refractivity contribution is 0.145. The van der Waals surface area contributed by atoms with Crippen molar-refractivity contribution in [3.05, 3.63) is 23.8 Å². The van der Waals surface area contributed by atoms with E-state index in [2.05, 4.69) is 23.1 Å². The number of hydrogen-bond donors (Lipinski definition) is 1. The third-order valence-corrected chi connectivity index (χ3v) is 3.72. The molecule has 2 aliphatic rings. The van der Waals surface area contributed by atoms with E-state index in [1.165, 1.54) is 11.3 Å². The van der Waals surface area contributed by atoms with Gasteiger partial charge in [-0.3, -0.25) is 0 Å². The Labute approximate surface area is 102 Å². The second-order valence-corrected chi connectivity index (χ2v) is 4.94. The number of anilines is 1. The van der Waals surface area contributed by atoms with E-state index in [-0.39, 0.29) is 6.10 Å². The maximum absolute atomic E-state index is 9.55. The molecule has 0 aromatic heterocycles. The van der Waals surface area contributed by atoms with Crippen LogP contribution >= 0.6 is 0 Å². The molecule has 1 aromatic carbocycles. The van der Waals surface area contributed by atoms with E-state index >= 15 is 0 Å². The van der Waals surface area contributed by atoms with Gasteiger partial charge in [0.2, 0.25) is 0 Å². The number of aliphatic hydroxyl groups excluding tert-OH is 1. The van der Waals surface area contributed by atoms with Crippen molar-refractivity contribution in [2.75, 3.05) is 24.6 Å². The summed E-state index contributed by atoms with van der Waals surface area (Å²) in [7, 11) is 0. The molecular weight excluding hydrogens is 214 g/mol. The lowest BCUT2D eigenvalue weighted by atomic mass is 10.0. The normalized spacial score (nSPS) is 20.9. The Kier molecular flexibility index (Phi) is 2.93. The van der Waals surface area contributed by atoms with Crippen LogP contribution in [0.25, 0.3) is 0 Å². The molecule has 92 valence electrons. The zero-order valence-corrected chi connectivity index (χ0v) is 10.1. The molecule has 1 saturated heterocycles. The molecule has 3 heteroatoms. The molecule has 0 saturated carbocycles. The van der Waals surface area contributed by atoms with Gasteiger partial charge in [-0.05, 0) is 37.3 Å². The lowest BCUT2D eigenvalue weighted by Crippen LogP contribution is -2.36. The smallest absolute Gasteiger partial charge is 0.145 e. The minimum absolute atomic E-state index is 0.119. The summed E-state index contributed by atoms with van der Waals surface area (Å²) in [6.07, 6.45) is 3.86. The first-order valence-corrected chi connectivity index (χ1v) is 6.52. The molecule has 1 fully saturated rings. The highest BCUT2D eigenvalue weighted by atomic mass is 16.5. The highest BCUT2D eigenvalue weighted by molar-refractivity contribution is 5.62. The van der Waals surface area contributed by atoms with Gasteiger partial charge >= 0.3 is 0 Å². The van der Waals surface area contributed by atoms with Crippen molar-refractivity contribution in [3.8, 4) is 5.75 Å². The van der Waals surface area contributed by atoms with E-state index in [0.29, 0.717) is 0 Å². The van der Waals surface area contributed by atoms with Crippen molar-refractivity contribution >= 4 is 5.69 Å². The second-order valence-electron chi connectivity index (χ2n) is 4.94. The first kappa shape index (κ1) is 10.9. The number of aliphatic hydroxyl groups is 1. The van der Waals surface area contributed by atoms with Crippen LogP contribution in [-0.4, -0.2) is 30.9 Å². The molecule has 1 N–H and O–H groups in total. The van der Waals surface area contributed by atoms with Gasteiger partial charge < -0.3 is 14.7 Å². The molecule has 3 nitrogen and oxygen atoms in total. The molecule has 0 amide bonds. The van der Waals surface area contributed by atoms with Crippen LogP contribution in [0.4, 0.5) is 5.69 Å². The molecule has 3 rings (SSSR count). The van der Waals surface area contributed by atoms with Gasteiger partial charge in [-0.2, -0.15) is 0 Å². The predicted molar refractivity (Wildman–Crippen MR) is 67.7 cm³/mol. The fraction of sp³-hybridized carbons (Fsp3) is 0.571. The third kappa shape index (κ3) is 2.12. The minimum Gasteiger partial charge on any atom is -0.491 e. The molecule has 0 unspecified atom stereocenters. The number of aryl methyl sites for hydroxylation is 1. The molecule has 17 heavy (non-hydrogen) atoms. The van der Waals surface area contributed by atoms with Crippen molar-refractivity contribution in [3.63, 3.8) is 0 Å². The van der Waals surface area contributed by atoms with E-state index in [4.69, 9.17) is 4.74 Å². The molecule has 0 spiro atoms. The van der Waals surface area contributed by atoms with Crippen LogP contribution in [0.15, 0.2) is 18.2 Å². The first-order valence-electron chi connectivity index (χ1n) is 6.52. The number of nitrogens with zero attached hydrogens (tertiary/aromatic N) is 1. The molecule has 2 heterocycles. The standard InChI is InChI=1S/C14H19NO2/c16-12-6-8-15(9-7-12)13-5-1-3-11-4-2-10-17-14(11)13/h1,3,5,12,16H,2,4,6-10H2. The number of rotatable bonds is 1. The van der Waals surface area contributed by atoms with Gasteiger partial charge in [-0.1, -0.05) is 12.1 Å². The Hall–Kier alpha value is -1.22. The quantitative estimate of drug-likeness (QED) is 0.805. The summed E-state index contributed by atoms with van der Waals surface area (Å²) < 4.78 is 5.83. The van der Waals surface area contributed by atoms with Crippen LogP contribution in [-0.2, 0) is 6.42 Å². The lowest BCUT2D eigenvalue weighted by Gasteiger charge is -2.34. The van der Waals surface area contributed by atoms with Gasteiger partial charge in [0.05, 0.1) is 18.4 Å². The largest absolute Gasteiger partial charge is 0.491 e. The fourth-order valence-corrected chi connectivity index (χ4v) is 2.73. The van der Waals surface area contributed by atoms with Crippen molar-refractivity contribution < 1.29 is 9.84 Å². The maximum atomic E-state index is 9.55. The Morgan fingerprint density at radius 2 is 2.06 bits per heavy atom. The van der Waals surface area contributed by atoms with Crippen molar-refractivity contribution in [1.82, 2.24) is 0 Å². The fourth-order valence-electron chi connectivity index (χ4n) is 2.73. The first-order chi connectivity index (χ1) is 8.34. The van der Waals surface area contributed by atoms with Crippen LogP contribution < -0.4 is 9.64 Å². The molecule has 0 atom stereocenters. The molecule has 0 aliphatic carbocycles. The summed E-state index contributed by atoms with van der Waals surface area (Å²) in [6, 6.07) is 6.42. The number of ether oxygens (including phenoxy) is 1. The second kappa shape index (κ2) is 4.57. The number of hydrogen-bond acceptors (Lipinski definition) is 3. The Morgan fingerprint density at radius 3 is 2.88 bits per heavy atom. The SMILES string of the molecule is OC1CCN(c2cccc3c2OCCC3)CC1. The number of para-hydroxylation sites is 1. The Morgan fingerprint density at radius 1 is 1.24 bits per heavy atom. The van der Waals surface area contributed by atoms with Gasteiger partial charge in [0.25, 0.3) is 0 Å². The summed E-state index contributed by atoms with van der Waals surface area (Å²) in [5, 5.41) is 9.55. The highest BCUT2D eigenvalue weighted by Crippen LogP contribution is 2.36. The highest BCUT2D eigenvalue weighted by Gasteiger charge is 2.22. The van der Waals surface area contributed by atoms with Gasteiger partial charge in [0, 0.05) is 13.1 Å². The number of piperidine rings is 1. The predicted octanol–water partition coefficient (Wildman–Crippen LogP) is 1.97. The zero-order valence-electron chi connectivity index (χ0n) is 10.1. The minimum atomic E-state index is -0.119. The summed E-state index contributed by atoms with van der Waals surface area (Å²) in [6.45, 7) is 2.70. The average Bonchev–Trinajstić information content (AvgIpc) is 2.39. The van der Waals surface area contributed by atoms with Crippen LogP contribution in [0, 0.1) is 0 Å². The summed E-state index contributed by atoms with van der Waals surface area (Å²) in [5.41, 5.74) is 2.55. The van der Waals surface area contributed by atoms with E-state index in [1.807, 2.05) is 0 Å². The van der Waals surface area contributed by atoms with Crippen molar-refractivity contribution in [2.24, 2.45) is 0 Å². The Balaban J connectivity index is 1.87. The molecule has 0 bridgehead atoms. The summed E-state index contributed by atoms with van der Waals surface area (Å²) >= 11 is 0. The summed E-state index contributed by atoms with van der Waals surface area (Å²) in [4.78, 5) is 2.34. The van der Waals surface area contributed by atoms with E-state index < -0.39 is 0 Å². The van der Waals surface area contributed by atoms with Crippen LogP contribution in [0.1, 0.15) is 24.8 Å². The van der Waals surface area contributed by atoms with Gasteiger partial charge in [-0.15, -0.1) is 0 Å². The van der Waals surface area contributed by atoms with Gasteiger partial charge in [0.15, 0.2) is 0 Å².